The summed E-state index contributed by atoms with van der Waals surface area (Å²) in [7, 11) is 0.612. The van der Waals surface area contributed by atoms with Crippen molar-refractivity contribution in [2.24, 2.45) is 0 Å². The van der Waals surface area contributed by atoms with Crippen LogP contribution in [0, 0.1) is 6.92 Å². The number of rotatable bonds is 7. The second-order valence-electron chi connectivity index (χ2n) is 8.98. The Morgan fingerprint density at radius 2 is 1.63 bits per heavy atom. The fraction of sp³-hybridized carbons (Fsp3) is 0.333. The number of phenolic OH excluding ortho intramolecular Hbond substituents is 1. The molecule has 0 amide bonds. The van der Waals surface area contributed by atoms with Crippen molar-refractivity contribution < 1.29 is 5.11 Å². The number of benzene rings is 3. The van der Waals surface area contributed by atoms with Gasteiger partial charge in [-0.1, -0.05) is 96.4 Å². The molecule has 0 bridgehead atoms. The zero-order valence-corrected chi connectivity index (χ0v) is 19.8. The first-order valence-corrected chi connectivity index (χ1v) is 11.8. The van der Waals surface area contributed by atoms with Crippen LogP contribution in [0.1, 0.15) is 62.0 Å². The van der Waals surface area contributed by atoms with Crippen LogP contribution in [-0.4, -0.2) is 5.11 Å². The average molecular weight is 420 g/mol. The first-order valence-electron chi connectivity index (χ1n) is 10.8. The molecule has 158 valence electrons. The normalized spacial score (nSPS) is 13.0. The fourth-order valence-corrected chi connectivity index (χ4v) is 5.30. The maximum Gasteiger partial charge on any atom is 0.123 e. The van der Waals surface area contributed by atoms with E-state index in [4.69, 9.17) is 0 Å². The van der Waals surface area contributed by atoms with Crippen LogP contribution in [0.2, 0.25) is 0 Å². The summed E-state index contributed by atoms with van der Waals surface area (Å²) >= 11 is 0. The van der Waals surface area contributed by atoms with Gasteiger partial charge >= 0.3 is 0 Å². The molecule has 3 rings (SSSR count). The molecule has 0 spiro atoms. The van der Waals surface area contributed by atoms with Gasteiger partial charge in [0.25, 0.3) is 0 Å². The van der Waals surface area contributed by atoms with Crippen LogP contribution in [0.5, 0.6) is 5.75 Å². The summed E-state index contributed by atoms with van der Waals surface area (Å²) in [5, 5.41) is 16.0. The standard InChI is InChI=1S/C27H34NOP/c1-6-24(22-16-19(2)17-23(26(22)29)27(3,4)5)30-25-15-11-10-12-20(25)18-28-21-13-8-7-9-14-21/h7-17,24,28-30H,6,18H2,1-5H3. The molecule has 0 saturated carbocycles. The Labute approximate surface area is 183 Å². The smallest absolute Gasteiger partial charge is 0.123 e. The molecule has 0 aliphatic rings. The molecule has 3 heteroatoms. The Morgan fingerprint density at radius 1 is 0.967 bits per heavy atom. The van der Waals surface area contributed by atoms with Gasteiger partial charge in [-0.15, -0.1) is 0 Å². The zero-order valence-electron chi connectivity index (χ0n) is 18.8. The fourth-order valence-electron chi connectivity index (χ4n) is 3.80. The van der Waals surface area contributed by atoms with Gasteiger partial charge < -0.3 is 10.4 Å². The molecular weight excluding hydrogens is 385 g/mol. The summed E-state index contributed by atoms with van der Waals surface area (Å²) in [6.45, 7) is 11.7. The van der Waals surface area contributed by atoms with Gasteiger partial charge in [0.15, 0.2) is 0 Å². The van der Waals surface area contributed by atoms with Crippen LogP contribution in [0.3, 0.4) is 0 Å². The Hall–Kier alpha value is -2.31. The van der Waals surface area contributed by atoms with E-state index in [-0.39, 0.29) is 5.41 Å². The molecule has 2 unspecified atom stereocenters. The SMILES string of the molecule is CCC(Pc1ccccc1CNc1ccccc1)c1cc(C)cc(C(C)(C)C)c1O. The highest BCUT2D eigenvalue weighted by molar-refractivity contribution is 7.47. The summed E-state index contributed by atoms with van der Waals surface area (Å²) < 4.78 is 0. The Kier molecular flexibility index (Phi) is 7.21. The van der Waals surface area contributed by atoms with Gasteiger partial charge in [-0.05, 0) is 47.3 Å². The molecule has 2 nitrogen and oxygen atoms in total. The first-order chi connectivity index (χ1) is 14.3. The van der Waals surface area contributed by atoms with Crippen molar-refractivity contribution in [3.63, 3.8) is 0 Å². The minimum absolute atomic E-state index is 0.0796. The van der Waals surface area contributed by atoms with Gasteiger partial charge in [0.05, 0.1) is 0 Å². The molecule has 2 atom stereocenters. The monoisotopic (exact) mass is 419 g/mol. The van der Waals surface area contributed by atoms with Crippen LogP contribution in [0.15, 0.2) is 66.7 Å². The molecule has 3 aromatic carbocycles. The number of para-hydroxylation sites is 1. The summed E-state index contributed by atoms with van der Waals surface area (Å²) in [4.78, 5) is 0. The number of phenols is 1. The molecular formula is C27H34NOP. The minimum atomic E-state index is -0.0796. The van der Waals surface area contributed by atoms with Crippen LogP contribution >= 0.6 is 8.58 Å². The van der Waals surface area contributed by atoms with Crippen LogP contribution < -0.4 is 10.6 Å². The number of anilines is 1. The summed E-state index contributed by atoms with van der Waals surface area (Å²) in [6.07, 6.45) is 0.999. The minimum Gasteiger partial charge on any atom is -0.507 e. The van der Waals surface area contributed by atoms with Crippen molar-refractivity contribution in [1.29, 1.82) is 0 Å². The number of nitrogens with one attached hydrogen (secondary N) is 1. The van der Waals surface area contributed by atoms with Gasteiger partial charge in [-0.2, -0.15) is 0 Å². The molecule has 3 aromatic rings. The van der Waals surface area contributed by atoms with Crippen molar-refractivity contribution in [2.75, 3.05) is 5.32 Å². The zero-order chi connectivity index (χ0) is 21.7. The number of hydrogen-bond donors (Lipinski definition) is 2. The molecule has 0 aliphatic carbocycles. The molecule has 0 heterocycles. The van der Waals surface area contributed by atoms with E-state index in [0.717, 1.165) is 29.8 Å². The highest BCUT2D eigenvalue weighted by Crippen LogP contribution is 2.45. The Morgan fingerprint density at radius 3 is 2.30 bits per heavy atom. The topological polar surface area (TPSA) is 32.3 Å². The third kappa shape index (κ3) is 5.43. The highest BCUT2D eigenvalue weighted by atomic mass is 31.1. The predicted octanol–water partition coefficient (Wildman–Crippen LogP) is 7.07. The van der Waals surface area contributed by atoms with Crippen LogP contribution in [-0.2, 0) is 12.0 Å². The Bertz CT molecular complexity index is 976. The maximum atomic E-state index is 11.1. The van der Waals surface area contributed by atoms with Crippen LogP contribution in [0.25, 0.3) is 0 Å². The highest BCUT2D eigenvalue weighted by Gasteiger charge is 2.24. The molecule has 30 heavy (non-hydrogen) atoms. The Balaban J connectivity index is 1.88. The van der Waals surface area contributed by atoms with Crippen molar-refractivity contribution in [3.05, 3.63) is 89.0 Å². The molecule has 0 saturated heterocycles. The third-order valence-corrected chi connectivity index (χ3v) is 7.35. The van der Waals surface area contributed by atoms with Gasteiger partial charge in [0.2, 0.25) is 0 Å². The number of aryl methyl sites for hydroxylation is 1. The van der Waals surface area contributed by atoms with E-state index in [0.29, 0.717) is 20.0 Å². The van der Waals surface area contributed by atoms with E-state index in [1.54, 1.807) is 0 Å². The lowest BCUT2D eigenvalue weighted by molar-refractivity contribution is 0.439. The summed E-state index contributed by atoms with van der Waals surface area (Å²) in [5.74, 6) is 0.479. The van der Waals surface area contributed by atoms with E-state index >= 15 is 0 Å². The third-order valence-electron chi connectivity index (χ3n) is 5.48. The lowest BCUT2D eigenvalue weighted by atomic mass is 9.83. The van der Waals surface area contributed by atoms with E-state index in [9.17, 15) is 5.11 Å². The number of aromatic hydroxyl groups is 1. The average Bonchev–Trinajstić information content (AvgIpc) is 2.72. The molecule has 2 N–H and O–H groups in total. The van der Waals surface area contributed by atoms with E-state index in [1.165, 1.54) is 16.4 Å². The van der Waals surface area contributed by atoms with Crippen molar-refractivity contribution >= 4 is 19.6 Å². The van der Waals surface area contributed by atoms with Crippen molar-refractivity contribution in [1.82, 2.24) is 0 Å². The largest absolute Gasteiger partial charge is 0.507 e. The molecule has 0 aliphatic heterocycles. The summed E-state index contributed by atoms with van der Waals surface area (Å²) in [6, 6.07) is 23.3. The van der Waals surface area contributed by atoms with E-state index in [2.05, 4.69) is 101 Å². The van der Waals surface area contributed by atoms with Gasteiger partial charge in [-0.3, -0.25) is 0 Å². The molecule has 0 aromatic heterocycles. The second-order valence-corrected chi connectivity index (χ2v) is 10.5. The lowest BCUT2D eigenvalue weighted by Crippen LogP contribution is -2.14. The molecule has 0 fully saturated rings. The summed E-state index contributed by atoms with van der Waals surface area (Å²) in [5.41, 5.74) is 6.03. The maximum absolute atomic E-state index is 11.1. The van der Waals surface area contributed by atoms with Crippen molar-refractivity contribution in [3.8, 4) is 5.75 Å². The van der Waals surface area contributed by atoms with Gasteiger partial charge in [0.1, 0.15) is 5.75 Å². The van der Waals surface area contributed by atoms with Crippen LogP contribution in [0.4, 0.5) is 5.69 Å². The number of hydrogen-bond acceptors (Lipinski definition) is 2. The van der Waals surface area contributed by atoms with Gasteiger partial charge in [-0.25, -0.2) is 0 Å². The predicted molar refractivity (Wildman–Crippen MR) is 133 cm³/mol. The quantitative estimate of drug-likeness (QED) is 0.402. The molecule has 0 radical (unpaired) electrons. The first kappa shape index (κ1) is 22.4. The van der Waals surface area contributed by atoms with Gasteiger partial charge in [0, 0.05) is 23.5 Å². The second kappa shape index (κ2) is 9.67. The van der Waals surface area contributed by atoms with E-state index in [1.807, 2.05) is 6.07 Å². The van der Waals surface area contributed by atoms with E-state index < -0.39 is 0 Å². The lowest BCUT2D eigenvalue weighted by Gasteiger charge is -2.26. The van der Waals surface area contributed by atoms with Crippen molar-refractivity contribution in [2.45, 2.75) is 58.7 Å².